The molecule has 5 nitrogen and oxygen atoms in total. The number of carbonyl (C=O) groups is 1. The molecule has 2 fully saturated rings. The van der Waals surface area contributed by atoms with Crippen molar-refractivity contribution in [3.05, 3.63) is 23.9 Å². The average molecular weight is 331 g/mol. The van der Waals surface area contributed by atoms with Gasteiger partial charge in [0.1, 0.15) is 5.82 Å². The van der Waals surface area contributed by atoms with E-state index in [1.54, 1.807) is 6.20 Å². The fraction of sp³-hybridized carbons (Fsp3) is 0.684. The highest BCUT2D eigenvalue weighted by Gasteiger charge is 2.29. The number of hydrogen-bond acceptors (Lipinski definition) is 4. The van der Waals surface area contributed by atoms with Crippen molar-refractivity contribution in [3.63, 3.8) is 0 Å². The molecule has 1 saturated carbocycles. The molecule has 132 valence electrons. The summed E-state index contributed by atoms with van der Waals surface area (Å²) in [4.78, 5) is 18.8. The maximum Gasteiger partial charge on any atom is 0.255 e. The van der Waals surface area contributed by atoms with Gasteiger partial charge in [-0.3, -0.25) is 4.79 Å². The molecule has 3 rings (SSSR count). The molecule has 0 unspecified atom stereocenters. The Labute approximate surface area is 144 Å². The van der Waals surface area contributed by atoms with Gasteiger partial charge in [0.15, 0.2) is 0 Å². The van der Waals surface area contributed by atoms with Gasteiger partial charge >= 0.3 is 0 Å². The summed E-state index contributed by atoms with van der Waals surface area (Å²) in [5.74, 6) is 1.51. The Morgan fingerprint density at radius 1 is 1.29 bits per heavy atom. The number of aromatic nitrogens is 1. The van der Waals surface area contributed by atoms with E-state index in [1.807, 2.05) is 17.0 Å². The largest absolute Gasteiger partial charge is 0.388 e. The first-order chi connectivity index (χ1) is 11.6. The molecule has 5 heteroatoms. The van der Waals surface area contributed by atoms with Crippen LogP contribution in [0, 0.1) is 5.92 Å². The zero-order valence-electron chi connectivity index (χ0n) is 14.6. The minimum Gasteiger partial charge on any atom is -0.388 e. The van der Waals surface area contributed by atoms with Crippen LogP contribution in [-0.2, 0) is 0 Å². The summed E-state index contributed by atoms with van der Waals surface area (Å²) >= 11 is 0. The van der Waals surface area contributed by atoms with Crippen LogP contribution in [-0.4, -0.2) is 46.1 Å². The summed E-state index contributed by atoms with van der Waals surface area (Å²) in [5.41, 5.74) is 0.0327. The van der Waals surface area contributed by atoms with Crippen molar-refractivity contribution in [2.75, 3.05) is 25.0 Å². The van der Waals surface area contributed by atoms with Crippen LogP contribution in [0.4, 0.5) is 5.82 Å². The number of carbonyl (C=O) groups excluding carboxylic acids is 1. The van der Waals surface area contributed by atoms with Gasteiger partial charge in [0.2, 0.25) is 0 Å². The number of piperidine rings is 1. The molecule has 0 bridgehead atoms. The van der Waals surface area contributed by atoms with Crippen LogP contribution in [0.25, 0.3) is 0 Å². The number of amides is 1. The Hall–Kier alpha value is -1.62. The standard InChI is InChI=1S/C19H29N3O2/c1-15-7-11-22(12-8-15)18(23)16-5-6-17(20-13-16)21-14-19(24)9-3-2-4-10-19/h5-6,13,15,24H,2-4,7-12,14H2,1H3,(H,20,21). The maximum atomic E-state index is 12.5. The minimum atomic E-state index is -0.612. The van der Waals surface area contributed by atoms with E-state index in [-0.39, 0.29) is 5.91 Å². The fourth-order valence-electron chi connectivity index (χ4n) is 3.66. The van der Waals surface area contributed by atoms with Gasteiger partial charge in [0.25, 0.3) is 5.91 Å². The number of rotatable bonds is 4. The fourth-order valence-corrected chi connectivity index (χ4v) is 3.66. The summed E-state index contributed by atoms with van der Waals surface area (Å²) in [5, 5.41) is 13.7. The summed E-state index contributed by atoms with van der Waals surface area (Å²) in [6.45, 7) is 4.45. The van der Waals surface area contributed by atoms with Gasteiger partial charge in [-0.05, 0) is 43.7 Å². The van der Waals surface area contributed by atoms with Gasteiger partial charge in [-0.25, -0.2) is 4.98 Å². The van der Waals surface area contributed by atoms with Crippen molar-refractivity contribution < 1.29 is 9.90 Å². The lowest BCUT2D eigenvalue weighted by molar-refractivity contribution is 0.0166. The quantitative estimate of drug-likeness (QED) is 0.890. The number of nitrogens with one attached hydrogen (secondary N) is 1. The highest BCUT2D eigenvalue weighted by atomic mass is 16.3. The molecule has 1 amide bonds. The van der Waals surface area contributed by atoms with Crippen LogP contribution in [0.5, 0.6) is 0 Å². The number of nitrogens with zero attached hydrogens (tertiary/aromatic N) is 2. The first-order valence-electron chi connectivity index (χ1n) is 9.27. The third-order valence-corrected chi connectivity index (χ3v) is 5.46. The highest BCUT2D eigenvalue weighted by Crippen LogP contribution is 2.28. The lowest BCUT2D eigenvalue weighted by Gasteiger charge is -2.32. The third kappa shape index (κ3) is 4.26. The first-order valence-corrected chi connectivity index (χ1v) is 9.27. The van der Waals surface area contributed by atoms with Crippen LogP contribution in [0.1, 0.15) is 62.2 Å². The van der Waals surface area contributed by atoms with Gasteiger partial charge in [0, 0.05) is 25.8 Å². The Balaban J connectivity index is 1.54. The summed E-state index contributed by atoms with van der Waals surface area (Å²) in [6, 6.07) is 3.67. The Morgan fingerprint density at radius 2 is 2.00 bits per heavy atom. The zero-order chi connectivity index (χ0) is 17.0. The SMILES string of the molecule is CC1CCN(C(=O)c2ccc(NCC3(O)CCCCC3)nc2)CC1. The Kier molecular flexibility index (Phi) is 5.39. The van der Waals surface area contributed by atoms with Gasteiger partial charge in [-0.15, -0.1) is 0 Å². The van der Waals surface area contributed by atoms with Crippen molar-refractivity contribution in [3.8, 4) is 0 Å². The van der Waals surface area contributed by atoms with Gasteiger partial charge < -0.3 is 15.3 Å². The number of likely N-dealkylation sites (tertiary alicyclic amines) is 1. The van der Waals surface area contributed by atoms with Gasteiger partial charge in [0.05, 0.1) is 11.2 Å². The predicted octanol–water partition coefficient (Wildman–Crippen LogP) is 3.06. The number of hydrogen-bond donors (Lipinski definition) is 2. The average Bonchev–Trinajstić information content (AvgIpc) is 2.61. The summed E-state index contributed by atoms with van der Waals surface area (Å²) in [7, 11) is 0. The Morgan fingerprint density at radius 3 is 2.62 bits per heavy atom. The van der Waals surface area contributed by atoms with Crippen LogP contribution in [0.2, 0.25) is 0 Å². The van der Waals surface area contributed by atoms with Crippen molar-refractivity contribution in [1.82, 2.24) is 9.88 Å². The van der Waals surface area contributed by atoms with E-state index in [0.717, 1.165) is 57.4 Å². The maximum absolute atomic E-state index is 12.5. The van der Waals surface area contributed by atoms with Crippen LogP contribution < -0.4 is 5.32 Å². The summed E-state index contributed by atoms with van der Waals surface area (Å²) in [6.07, 6.45) is 8.91. The molecule has 0 atom stereocenters. The molecule has 0 radical (unpaired) electrons. The van der Waals surface area contributed by atoms with Crippen molar-refractivity contribution in [2.24, 2.45) is 5.92 Å². The highest BCUT2D eigenvalue weighted by molar-refractivity contribution is 5.94. The van der Waals surface area contributed by atoms with E-state index < -0.39 is 5.60 Å². The molecule has 2 heterocycles. The van der Waals surface area contributed by atoms with E-state index in [0.29, 0.717) is 18.0 Å². The van der Waals surface area contributed by atoms with Gasteiger partial charge in [-0.2, -0.15) is 0 Å². The number of anilines is 1. The second kappa shape index (κ2) is 7.51. The van der Waals surface area contributed by atoms with Crippen molar-refractivity contribution >= 4 is 11.7 Å². The molecule has 1 aliphatic carbocycles. The van der Waals surface area contributed by atoms with E-state index in [2.05, 4.69) is 17.2 Å². The van der Waals surface area contributed by atoms with E-state index in [1.165, 1.54) is 6.42 Å². The van der Waals surface area contributed by atoms with E-state index in [4.69, 9.17) is 0 Å². The second-order valence-corrected chi connectivity index (χ2v) is 7.55. The molecule has 2 aliphatic rings. The molecular formula is C19H29N3O2. The van der Waals surface area contributed by atoms with Gasteiger partial charge in [-0.1, -0.05) is 26.2 Å². The molecule has 0 spiro atoms. The Bertz CT molecular complexity index is 544. The van der Waals surface area contributed by atoms with Crippen molar-refractivity contribution in [1.29, 1.82) is 0 Å². The molecule has 1 aromatic rings. The van der Waals surface area contributed by atoms with E-state index in [9.17, 15) is 9.90 Å². The first kappa shape index (κ1) is 17.2. The number of aliphatic hydroxyl groups is 1. The van der Waals surface area contributed by atoms with E-state index >= 15 is 0 Å². The topological polar surface area (TPSA) is 65.5 Å². The zero-order valence-corrected chi connectivity index (χ0v) is 14.6. The lowest BCUT2D eigenvalue weighted by Crippen LogP contribution is -2.39. The third-order valence-electron chi connectivity index (χ3n) is 5.46. The monoisotopic (exact) mass is 331 g/mol. The smallest absolute Gasteiger partial charge is 0.255 e. The predicted molar refractivity (Wildman–Crippen MR) is 95.1 cm³/mol. The number of pyridine rings is 1. The molecule has 1 saturated heterocycles. The minimum absolute atomic E-state index is 0.0758. The molecule has 2 N–H and O–H groups in total. The molecule has 24 heavy (non-hydrogen) atoms. The van der Waals surface area contributed by atoms with Crippen LogP contribution in [0.3, 0.4) is 0 Å². The van der Waals surface area contributed by atoms with Crippen molar-refractivity contribution in [2.45, 2.75) is 57.5 Å². The molecule has 1 aliphatic heterocycles. The van der Waals surface area contributed by atoms with Crippen LogP contribution in [0.15, 0.2) is 18.3 Å². The molecule has 0 aromatic carbocycles. The second-order valence-electron chi connectivity index (χ2n) is 7.55. The lowest BCUT2D eigenvalue weighted by atomic mass is 9.85. The summed E-state index contributed by atoms with van der Waals surface area (Å²) < 4.78 is 0. The molecular weight excluding hydrogens is 302 g/mol. The molecule has 1 aromatic heterocycles. The normalized spacial score (nSPS) is 21.5. The van der Waals surface area contributed by atoms with Crippen LogP contribution >= 0.6 is 0 Å².